The fraction of sp³-hybridized carbons (Fsp3) is 0.345. The van der Waals surface area contributed by atoms with Gasteiger partial charge >= 0.3 is 0 Å². The van der Waals surface area contributed by atoms with Gasteiger partial charge in [0.15, 0.2) is 0 Å². The van der Waals surface area contributed by atoms with E-state index < -0.39 is 5.60 Å². The molecule has 2 amide bonds. The molecule has 2 heterocycles. The van der Waals surface area contributed by atoms with Gasteiger partial charge in [0.05, 0.1) is 22.9 Å². The molecule has 0 saturated carbocycles. The maximum absolute atomic E-state index is 13.3. The quantitative estimate of drug-likeness (QED) is 0.314. The van der Waals surface area contributed by atoms with E-state index in [4.69, 9.17) is 17.3 Å². The normalized spacial score (nSPS) is 20.2. The number of amidine groups is 1. The Hall–Kier alpha value is -3.46. The molecule has 1 fully saturated rings. The number of rotatable bonds is 7. The molecule has 8 nitrogen and oxygen atoms in total. The minimum Gasteiger partial charge on any atom is -0.397 e. The number of hydrogen-bond donors (Lipinski definition) is 4. The maximum Gasteiger partial charge on any atom is 0.248 e. The van der Waals surface area contributed by atoms with E-state index in [1.54, 1.807) is 38.3 Å². The number of carbonyl (C=O) groups is 2. The number of aliphatic imine (C=N–C) groups is 1. The first-order valence-electron chi connectivity index (χ1n) is 12.7. The summed E-state index contributed by atoms with van der Waals surface area (Å²) in [5, 5.41) is 16.8. The van der Waals surface area contributed by atoms with Crippen LogP contribution in [-0.4, -0.2) is 52.9 Å². The minimum atomic E-state index is -0.870. The lowest BCUT2D eigenvalue weighted by Gasteiger charge is -2.25. The van der Waals surface area contributed by atoms with Crippen LogP contribution in [0.25, 0.3) is 6.08 Å². The van der Waals surface area contributed by atoms with Crippen LogP contribution in [0.15, 0.2) is 70.8 Å². The standard InChI is InChI=1S/C29H34ClN5O3/c1-29(2,38)18-35-16-22(23(17-35)28(37)34-26-13-12-21(30)15-32-26)20-10-7-19(8-11-20)9-14-27(36)33-25-6-4-3-5-24(25)31/h3-11,14-15,22-23,38H,12-13,16-18,31H2,1-2H3,(H,33,36)(H,32,34,37)/b14-9+. The Kier molecular flexibility index (Phi) is 8.66. The molecular formula is C29H34ClN5O3. The van der Waals surface area contributed by atoms with Crippen molar-refractivity contribution in [2.45, 2.75) is 38.2 Å². The lowest BCUT2D eigenvalue weighted by molar-refractivity contribution is -0.123. The first-order valence-corrected chi connectivity index (χ1v) is 13.1. The summed E-state index contributed by atoms with van der Waals surface area (Å²) in [4.78, 5) is 32.0. The zero-order chi connectivity index (χ0) is 27.3. The molecule has 0 spiro atoms. The van der Waals surface area contributed by atoms with Gasteiger partial charge in [0, 0.05) is 49.3 Å². The number of para-hydroxylation sites is 2. The van der Waals surface area contributed by atoms with Gasteiger partial charge in [-0.1, -0.05) is 48.0 Å². The largest absolute Gasteiger partial charge is 0.397 e. The number of amides is 2. The molecule has 0 radical (unpaired) electrons. The molecule has 2 aliphatic rings. The Labute approximate surface area is 228 Å². The van der Waals surface area contributed by atoms with Crippen molar-refractivity contribution in [2.75, 3.05) is 30.7 Å². The number of carbonyl (C=O) groups excluding carboxylic acids is 2. The molecule has 2 unspecified atom stereocenters. The summed E-state index contributed by atoms with van der Waals surface area (Å²) in [6, 6.07) is 14.9. The third-order valence-electron chi connectivity index (χ3n) is 6.58. The fourth-order valence-corrected chi connectivity index (χ4v) is 4.96. The van der Waals surface area contributed by atoms with Crippen LogP contribution in [0.4, 0.5) is 11.4 Å². The van der Waals surface area contributed by atoms with Gasteiger partial charge in [-0.25, -0.2) is 4.99 Å². The third-order valence-corrected chi connectivity index (χ3v) is 6.87. The van der Waals surface area contributed by atoms with Gasteiger partial charge in [-0.15, -0.1) is 0 Å². The Bertz CT molecular complexity index is 1260. The van der Waals surface area contributed by atoms with Crippen molar-refractivity contribution >= 4 is 46.7 Å². The number of halogens is 1. The van der Waals surface area contributed by atoms with Crippen LogP contribution in [0.5, 0.6) is 0 Å². The number of nitrogens with two attached hydrogens (primary N) is 1. The molecule has 9 heteroatoms. The average Bonchev–Trinajstić information content (AvgIpc) is 3.28. The first-order chi connectivity index (χ1) is 18.1. The molecule has 0 aliphatic carbocycles. The topological polar surface area (TPSA) is 120 Å². The summed E-state index contributed by atoms with van der Waals surface area (Å²) >= 11 is 6.00. The number of anilines is 2. The van der Waals surface area contributed by atoms with Crippen molar-refractivity contribution in [3.63, 3.8) is 0 Å². The van der Waals surface area contributed by atoms with Gasteiger partial charge < -0.3 is 21.5 Å². The van der Waals surface area contributed by atoms with Gasteiger partial charge in [-0.3, -0.25) is 14.5 Å². The second-order valence-corrected chi connectivity index (χ2v) is 10.9. The molecule has 0 aromatic heterocycles. The van der Waals surface area contributed by atoms with Gasteiger partial charge in [0.25, 0.3) is 0 Å². The number of aliphatic hydroxyl groups is 1. The highest BCUT2D eigenvalue weighted by atomic mass is 35.5. The second kappa shape index (κ2) is 11.9. The summed E-state index contributed by atoms with van der Waals surface area (Å²) in [7, 11) is 0. The number of β-amino-alcohol motifs (C(OH)–C–C–N with tert-alkyl or cyclic N) is 1. The highest BCUT2D eigenvalue weighted by molar-refractivity contribution is 6.30. The number of nitrogens with one attached hydrogen (secondary N) is 2. The lowest BCUT2D eigenvalue weighted by Crippen LogP contribution is -2.40. The number of benzene rings is 2. The first kappa shape index (κ1) is 27.6. The SMILES string of the molecule is CC(C)(O)CN1CC(C(=O)NC2=NC=C(Cl)CC2)C(c2ccc(/C=C/C(=O)Nc3ccccc3N)cc2)C1. The molecule has 2 aromatic carbocycles. The van der Waals surface area contributed by atoms with Gasteiger partial charge in [-0.2, -0.15) is 0 Å². The van der Waals surface area contributed by atoms with Crippen molar-refractivity contribution < 1.29 is 14.7 Å². The van der Waals surface area contributed by atoms with Crippen molar-refractivity contribution in [1.29, 1.82) is 0 Å². The summed E-state index contributed by atoms with van der Waals surface area (Å²) < 4.78 is 0. The molecule has 2 atom stereocenters. The lowest BCUT2D eigenvalue weighted by atomic mass is 9.88. The summed E-state index contributed by atoms with van der Waals surface area (Å²) in [5.74, 6) is -0.0918. The predicted octanol–water partition coefficient (Wildman–Crippen LogP) is 4.10. The highest BCUT2D eigenvalue weighted by Gasteiger charge is 2.40. The van der Waals surface area contributed by atoms with Crippen molar-refractivity contribution in [2.24, 2.45) is 10.9 Å². The highest BCUT2D eigenvalue weighted by Crippen LogP contribution is 2.34. The molecule has 2 aliphatic heterocycles. The monoisotopic (exact) mass is 535 g/mol. The van der Waals surface area contributed by atoms with E-state index in [0.29, 0.717) is 54.7 Å². The van der Waals surface area contributed by atoms with E-state index >= 15 is 0 Å². The van der Waals surface area contributed by atoms with Crippen molar-refractivity contribution in [3.8, 4) is 0 Å². The van der Waals surface area contributed by atoms with E-state index in [0.717, 1.165) is 11.1 Å². The molecule has 38 heavy (non-hydrogen) atoms. The van der Waals surface area contributed by atoms with Crippen LogP contribution in [0.2, 0.25) is 0 Å². The summed E-state index contributed by atoms with van der Waals surface area (Å²) in [6.07, 6.45) is 6.03. The second-order valence-electron chi connectivity index (χ2n) is 10.4. The zero-order valence-electron chi connectivity index (χ0n) is 21.7. The zero-order valence-corrected chi connectivity index (χ0v) is 22.4. The molecule has 4 rings (SSSR count). The van der Waals surface area contributed by atoms with Gasteiger partial charge in [0.2, 0.25) is 11.8 Å². The molecule has 2 aromatic rings. The van der Waals surface area contributed by atoms with Crippen LogP contribution in [0.1, 0.15) is 43.7 Å². The van der Waals surface area contributed by atoms with E-state index in [1.165, 1.54) is 6.08 Å². The fourth-order valence-electron chi connectivity index (χ4n) is 4.82. The van der Waals surface area contributed by atoms with Crippen LogP contribution < -0.4 is 16.4 Å². The van der Waals surface area contributed by atoms with Crippen molar-refractivity contribution in [3.05, 3.63) is 77.0 Å². The third kappa shape index (κ3) is 7.54. The predicted molar refractivity (Wildman–Crippen MR) is 153 cm³/mol. The summed E-state index contributed by atoms with van der Waals surface area (Å²) in [5.41, 5.74) is 7.97. The van der Waals surface area contributed by atoms with Crippen LogP contribution >= 0.6 is 11.6 Å². The van der Waals surface area contributed by atoms with E-state index in [2.05, 4.69) is 20.5 Å². The molecule has 5 N–H and O–H groups in total. The van der Waals surface area contributed by atoms with Gasteiger partial charge in [0.1, 0.15) is 5.84 Å². The Morgan fingerprint density at radius 2 is 1.87 bits per heavy atom. The number of nitrogens with zero attached hydrogens (tertiary/aromatic N) is 2. The van der Waals surface area contributed by atoms with E-state index in [1.807, 2.05) is 36.4 Å². The Morgan fingerprint density at radius 3 is 2.53 bits per heavy atom. The van der Waals surface area contributed by atoms with E-state index in [-0.39, 0.29) is 23.7 Å². The molecular weight excluding hydrogens is 502 g/mol. The smallest absolute Gasteiger partial charge is 0.248 e. The number of likely N-dealkylation sites (tertiary alicyclic amines) is 1. The van der Waals surface area contributed by atoms with Crippen LogP contribution in [0.3, 0.4) is 0 Å². The molecule has 200 valence electrons. The van der Waals surface area contributed by atoms with Crippen molar-refractivity contribution in [1.82, 2.24) is 10.2 Å². The number of hydrogen-bond acceptors (Lipinski definition) is 6. The van der Waals surface area contributed by atoms with Crippen LogP contribution in [0, 0.1) is 5.92 Å². The maximum atomic E-state index is 13.3. The number of allylic oxidation sites excluding steroid dienone is 1. The van der Waals surface area contributed by atoms with Gasteiger partial charge in [-0.05, 0) is 49.6 Å². The molecule has 1 saturated heterocycles. The minimum absolute atomic E-state index is 0.0527. The Morgan fingerprint density at radius 1 is 1.13 bits per heavy atom. The Balaban J connectivity index is 1.45. The van der Waals surface area contributed by atoms with Crippen LogP contribution in [-0.2, 0) is 9.59 Å². The average molecular weight is 536 g/mol. The molecule has 0 bridgehead atoms. The number of nitrogen functional groups attached to an aromatic ring is 1. The summed E-state index contributed by atoms with van der Waals surface area (Å²) in [6.45, 7) is 5.19. The van der Waals surface area contributed by atoms with E-state index in [9.17, 15) is 14.7 Å².